The summed E-state index contributed by atoms with van der Waals surface area (Å²) in [5.41, 5.74) is 17.3. The third kappa shape index (κ3) is 5.71. The normalized spacial score (nSPS) is 13.4. The highest BCUT2D eigenvalue weighted by atomic mass is 15.0. The Balaban J connectivity index is 0.833. The zero-order chi connectivity index (χ0) is 40.7. The van der Waals surface area contributed by atoms with Gasteiger partial charge in [-0.05, 0) is 116 Å². The molecule has 12 rings (SSSR count). The number of fused-ring (bicyclic) bond motifs is 10. The van der Waals surface area contributed by atoms with Crippen LogP contribution in [0.15, 0.2) is 194 Å². The van der Waals surface area contributed by atoms with Crippen LogP contribution in [0.25, 0.3) is 101 Å². The van der Waals surface area contributed by atoms with Crippen LogP contribution in [0.1, 0.15) is 47.2 Å². The molecule has 2 heteroatoms. The van der Waals surface area contributed by atoms with Gasteiger partial charge in [-0.3, -0.25) is 0 Å². The highest BCUT2D eigenvalue weighted by Crippen LogP contribution is 2.49. The summed E-state index contributed by atoms with van der Waals surface area (Å²) in [6.45, 7) is 4.74. The second-order valence-corrected chi connectivity index (χ2v) is 17.0. The van der Waals surface area contributed by atoms with Gasteiger partial charge >= 0.3 is 0 Å². The lowest BCUT2D eigenvalue weighted by Gasteiger charge is -2.22. The molecule has 0 N–H and O–H groups in total. The number of hydrogen-bond donors (Lipinski definition) is 0. The molecule has 0 unspecified atom stereocenters. The molecule has 61 heavy (non-hydrogen) atoms. The maximum absolute atomic E-state index is 2.40. The molecule has 1 aliphatic rings. The Bertz CT molecular complexity index is 3610. The number of benzene rings is 9. The van der Waals surface area contributed by atoms with Crippen LogP contribution < -0.4 is 0 Å². The number of rotatable bonds is 6. The predicted molar refractivity (Wildman–Crippen MR) is 261 cm³/mol. The van der Waals surface area contributed by atoms with Gasteiger partial charge in [-0.25, -0.2) is 0 Å². The molecule has 0 atom stereocenters. The molecule has 2 heterocycles. The van der Waals surface area contributed by atoms with Crippen molar-refractivity contribution in [1.29, 1.82) is 0 Å². The molecule has 0 amide bonds. The van der Waals surface area contributed by atoms with Gasteiger partial charge in [0.2, 0.25) is 0 Å². The molecule has 0 spiro atoms. The topological polar surface area (TPSA) is 9.86 Å². The van der Waals surface area contributed by atoms with Crippen molar-refractivity contribution in [3.63, 3.8) is 0 Å². The van der Waals surface area contributed by atoms with Crippen molar-refractivity contribution in [1.82, 2.24) is 9.13 Å². The fraction of sp³-hybridized carbons (Fsp3) is 0.0508. The van der Waals surface area contributed by atoms with E-state index >= 15 is 0 Å². The van der Waals surface area contributed by atoms with Gasteiger partial charge in [0.25, 0.3) is 0 Å². The molecule has 0 saturated carbocycles. The first kappa shape index (κ1) is 35.3. The minimum absolute atomic E-state index is 0.125. The number of para-hydroxylation sites is 3. The Morgan fingerprint density at radius 1 is 0.328 bits per heavy atom. The molecule has 2 aromatic heterocycles. The van der Waals surface area contributed by atoms with E-state index in [1.807, 2.05) is 0 Å². The number of aromatic nitrogens is 2. The van der Waals surface area contributed by atoms with Crippen LogP contribution in [0.2, 0.25) is 0 Å². The van der Waals surface area contributed by atoms with E-state index in [1.54, 1.807) is 0 Å². The third-order valence-electron chi connectivity index (χ3n) is 13.1. The molecule has 0 radical (unpaired) electrons. The van der Waals surface area contributed by atoms with E-state index in [0.29, 0.717) is 0 Å². The summed E-state index contributed by atoms with van der Waals surface area (Å²) in [6.07, 6.45) is 9.05. The first-order valence-electron chi connectivity index (χ1n) is 21.2. The van der Waals surface area contributed by atoms with Gasteiger partial charge in [0.05, 0.1) is 22.1 Å². The van der Waals surface area contributed by atoms with E-state index in [1.165, 1.54) is 110 Å². The van der Waals surface area contributed by atoms with Crippen molar-refractivity contribution in [2.75, 3.05) is 0 Å². The van der Waals surface area contributed by atoms with E-state index in [4.69, 9.17) is 0 Å². The fourth-order valence-corrected chi connectivity index (χ4v) is 10.0. The third-order valence-corrected chi connectivity index (χ3v) is 13.1. The summed E-state index contributed by atoms with van der Waals surface area (Å²) in [4.78, 5) is 0. The van der Waals surface area contributed by atoms with Gasteiger partial charge in [0.15, 0.2) is 0 Å². The van der Waals surface area contributed by atoms with Crippen molar-refractivity contribution in [3.05, 3.63) is 228 Å². The Morgan fingerprint density at radius 2 is 0.770 bits per heavy atom. The lowest BCUT2D eigenvalue weighted by atomic mass is 9.81. The molecule has 2 nitrogen and oxygen atoms in total. The molecule has 0 aliphatic heterocycles. The number of hydrogen-bond acceptors (Lipinski definition) is 0. The first-order chi connectivity index (χ1) is 30.0. The molecule has 0 bridgehead atoms. The minimum atomic E-state index is -0.125. The van der Waals surface area contributed by atoms with E-state index in [-0.39, 0.29) is 5.41 Å². The van der Waals surface area contributed by atoms with Gasteiger partial charge in [-0.1, -0.05) is 172 Å². The molecule has 1 aliphatic carbocycles. The maximum Gasteiger partial charge on any atom is 0.0541 e. The lowest BCUT2D eigenvalue weighted by molar-refractivity contribution is 0.660. The van der Waals surface area contributed by atoms with Crippen LogP contribution in [0.3, 0.4) is 0 Å². The summed E-state index contributed by atoms with van der Waals surface area (Å²) in [5.74, 6) is 0. The Morgan fingerprint density at radius 3 is 1.34 bits per heavy atom. The summed E-state index contributed by atoms with van der Waals surface area (Å²) in [5, 5.41) is 7.56. The zero-order valence-electron chi connectivity index (χ0n) is 34.2. The van der Waals surface area contributed by atoms with Crippen molar-refractivity contribution in [3.8, 4) is 22.5 Å². The van der Waals surface area contributed by atoms with Crippen LogP contribution in [0.5, 0.6) is 0 Å². The monoisotopic (exact) mass is 778 g/mol. The largest absolute Gasteiger partial charge is 0.309 e. The standard InChI is InChI=1S/C59H42N2/c1-59(2)53-36-41(22-20-39-26-32-57-51(34-39)49-16-8-10-18-55(49)60(57)45-14-4-3-5-15-45)24-30-47(53)48-31-25-42(37-54(48)59)23-21-40-27-33-58-52(35-40)50-17-9-11-19-56(50)61(58)46-29-28-43-12-6-7-13-44(43)38-46/h3-38H,1-2H3/b22-20+,23-21+. The molecule has 0 fully saturated rings. The highest BCUT2D eigenvalue weighted by Gasteiger charge is 2.35. The van der Waals surface area contributed by atoms with E-state index < -0.39 is 0 Å². The quantitative estimate of drug-likeness (QED) is 0.149. The van der Waals surface area contributed by atoms with Gasteiger partial charge < -0.3 is 9.13 Å². The zero-order valence-corrected chi connectivity index (χ0v) is 34.2. The molecular formula is C59H42N2. The van der Waals surface area contributed by atoms with Gasteiger partial charge in [-0.15, -0.1) is 0 Å². The van der Waals surface area contributed by atoms with Gasteiger partial charge in [-0.2, -0.15) is 0 Å². The second kappa shape index (κ2) is 13.7. The van der Waals surface area contributed by atoms with Crippen LogP contribution >= 0.6 is 0 Å². The van der Waals surface area contributed by atoms with Crippen molar-refractivity contribution >= 4 is 78.7 Å². The summed E-state index contributed by atoms with van der Waals surface area (Å²) in [7, 11) is 0. The highest BCUT2D eigenvalue weighted by molar-refractivity contribution is 6.11. The minimum Gasteiger partial charge on any atom is -0.309 e. The molecular weight excluding hydrogens is 737 g/mol. The Kier molecular flexibility index (Phi) is 7.92. The predicted octanol–water partition coefficient (Wildman–Crippen LogP) is 15.7. The summed E-state index contributed by atoms with van der Waals surface area (Å²) < 4.78 is 4.77. The van der Waals surface area contributed by atoms with Crippen LogP contribution in [0, 0.1) is 0 Å². The number of nitrogens with zero attached hydrogens (tertiary/aromatic N) is 2. The average Bonchev–Trinajstić information content (AvgIpc) is 3.90. The van der Waals surface area contributed by atoms with Gasteiger partial charge in [0, 0.05) is 38.3 Å². The fourth-order valence-electron chi connectivity index (χ4n) is 10.0. The summed E-state index contributed by atoms with van der Waals surface area (Å²) >= 11 is 0. The van der Waals surface area contributed by atoms with Crippen LogP contribution in [-0.2, 0) is 5.41 Å². The second-order valence-electron chi connectivity index (χ2n) is 17.0. The van der Waals surface area contributed by atoms with Crippen molar-refractivity contribution in [2.24, 2.45) is 0 Å². The van der Waals surface area contributed by atoms with Crippen LogP contribution in [0.4, 0.5) is 0 Å². The smallest absolute Gasteiger partial charge is 0.0541 e. The molecule has 9 aromatic carbocycles. The average molecular weight is 779 g/mol. The SMILES string of the molecule is CC1(C)c2cc(/C=C/c3ccc4c(c3)c3ccccc3n4-c3ccccc3)ccc2-c2ccc(/C=C/c3ccc4c(c3)c3ccccc3n4-c3ccc4ccccc4c3)cc21. The van der Waals surface area contributed by atoms with Crippen LogP contribution in [-0.4, -0.2) is 9.13 Å². The molecule has 288 valence electrons. The van der Waals surface area contributed by atoms with Crippen molar-refractivity contribution in [2.45, 2.75) is 19.3 Å². The first-order valence-corrected chi connectivity index (χ1v) is 21.2. The Hall–Kier alpha value is -7.68. The van der Waals surface area contributed by atoms with E-state index in [2.05, 4.69) is 241 Å². The lowest BCUT2D eigenvalue weighted by Crippen LogP contribution is -2.15. The van der Waals surface area contributed by atoms with Gasteiger partial charge in [0.1, 0.15) is 0 Å². The van der Waals surface area contributed by atoms with E-state index in [0.717, 1.165) is 0 Å². The summed E-state index contributed by atoms with van der Waals surface area (Å²) in [6, 6.07) is 71.1. The van der Waals surface area contributed by atoms with Crippen molar-refractivity contribution < 1.29 is 0 Å². The van der Waals surface area contributed by atoms with E-state index in [9.17, 15) is 0 Å². The molecule has 0 saturated heterocycles. The molecule has 11 aromatic rings. The maximum atomic E-state index is 2.40. The Labute approximate surface area is 355 Å².